The van der Waals surface area contributed by atoms with Crippen molar-refractivity contribution in [2.75, 3.05) is 20.3 Å². The molecular formula is C15H25NO4S. The van der Waals surface area contributed by atoms with Gasteiger partial charge in [0, 0.05) is 13.1 Å². The summed E-state index contributed by atoms with van der Waals surface area (Å²) in [6.45, 7) is 4.21. The molecule has 1 atom stereocenters. The van der Waals surface area contributed by atoms with E-state index >= 15 is 0 Å². The zero-order valence-corrected chi connectivity index (χ0v) is 13.8. The van der Waals surface area contributed by atoms with E-state index in [0.29, 0.717) is 12.4 Å². The normalized spacial score (nSPS) is 13.4. The number of sulfonamides is 1. The lowest BCUT2D eigenvalue weighted by molar-refractivity contribution is 0.214. The van der Waals surface area contributed by atoms with Crippen LogP contribution in [0, 0.1) is 0 Å². The fraction of sp³-hybridized carbons (Fsp3) is 0.600. The van der Waals surface area contributed by atoms with Gasteiger partial charge in [-0.1, -0.05) is 19.8 Å². The number of benzene rings is 1. The number of aliphatic hydroxyl groups excluding tert-OH is 1. The molecule has 0 amide bonds. The van der Waals surface area contributed by atoms with Crippen molar-refractivity contribution in [1.82, 2.24) is 4.31 Å². The standard InChI is InChI=1S/C15H25NO4S/c1-4-5-6-11-20-14-7-9-15(10-8-14)21(18,19)16(3)13(2)12-17/h7-10,13,17H,4-6,11-12H2,1-3H3/t13-/m1/s1. The van der Waals surface area contributed by atoms with Gasteiger partial charge in [0.05, 0.1) is 18.1 Å². The first-order valence-electron chi connectivity index (χ1n) is 7.25. The molecule has 1 aromatic carbocycles. The highest BCUT2D eigenvalue weighted by Crippen LogP contribution is 2.20. The van der Waals surface area contributed by atoms with Crippen LogP contribution in [0.3, 0.4) is 0 Å². The van der Waals surface area contributed by atoms with Gasteiger partial charge in [0.15, 0.2) is 0 Å². The average molecular weight is 315 g/mol. The maximum atomic E-state index is 12.3. The Labute approximate surface area is 127 Å². The summed E-state index contributed by atoms with van der Waals surface area (Å²) in [6, 6.07) is 5.93. The first kappa shape index (κ1) is 17.9. The Morgan fingerprint density at radius 2 is 1.86 bits per heavy atom. The highest BCUT2D eigenvalue weighted by molar-refractivity contribution is 7.89. The third-order valence-corrected chi connectivity index (χ3v) is 5.39. The molecular weight excluding hydrogens is 290 g/mol. The van der Waals surface area contributed by atoms with Crippen LogP contribution >= 0.6 is 0 Å². The lowest BCUT2D eigenvalue weighted by Crippen LogP contribution is -2.37. The van der Waals surface area contributed by atoms with Crippen LogP contribution in [-0.4, -0.2) is 44.1 Å². The molecule has 0 unspecified atom stereocenters. The van der Waals surface area contributed by atoms with Crippen LogP contribution in [0.4, 0.5) is 0 Å². The molecule has 0 heterocycles. The van der Waals surface area contributed by atoms with Crippen LogP contribution in [0.25, 0.3) is 0 Å². The molecule has 0 aliphatic heterocycles. The van der Waals surface area contributed by atoms with Crippen LogP contribution in [0.2, 0.25) is 0 Å². The van der Waals surface area contributed by atoms with Crippen LogP contribution in [-0.2, 0) is 10.0 Å². The van der Waals surface area contributed by atoms with E-state index in [1.54, 1.807) is 19.1 Å². The van der Waals surface area contributed by atoms with Crippen molar-refractivity contribution in [3.05, 3.63) is 24.3 Å². The van der Waals surface area contributed by atoms with Crippen LogP contribution in [0.5, 0.6) is 5.75 Å². The van der Waals surface area contributed by atoms with Crippen molar-refractivity contribution in [1.29, 1.82) is 0 Å². The Bertz CT molecular complexity index is 513. The van der Waals surface area contributed by atoms with Crippen molar-refractivity contribution in [3.63, 3.8) is 0 Å². The van der Waals surface area contributed by atoms with Crippen molar-refractivity contribution >= 4 is 10.0 Å². The third-order valence-electron chi connectivity index (χ3n) is 3.40. The summed E-state index contributed by atoms with van der Waals surface area (Å²) in [5, 5.41) is 9.07. The number of hydrogen-bond donors (Lipinski definition) is 1. The molecule has 1 N–H and O–H groups in total. The van der Waals surface area contributed by atoms with Crippen LogP contribution < -0.4 is 4.74 Å². The van der Waals surface area contributed by atoms with E-state index in [2.05, 4.69) is 6.92 Å². The van der Waals surface area contributed by atoms with Gasteiger partial charge in [0.1, 0.15) is 5.75 Å². The van der Waals surface area contributed by atoms with Gasteiger partial charge in [-0.15, -0.1) is 0 Å². The number of nitrogens with zero attached hydrogens (tertiary/aromatic N) is 1. The van der Waals surface area contributed by atoms with E-state index in [0.717, 1.165) is 19.3 Å². The van der Waals surface area contributed by atoms with Crippen molar-refractivity contribution < 1.29 is 18.3 Å². The number of likely N-dealkylation sites (N-methyl/N-ethyl adjacent to an activating group) is 1. The SMILES string of the molecule is CCCCCOc1ccc(S(=O)(=O)N(C)[C@H](C)CO)cc1. The first-order chi connectivity index (χ1) is 9.93. The van der Waals surface area contributed by atoms with Crippen molar-refractivity contribution in [3.8, 4) is 5.75 Å². The number of rotatable bonds is 9. The van der Waals surface area contributed by atoms with Crippen LogP contribution in [0.15, 0.2) is 29.2 Å². The van der Waals surface area contributed by atoms with Gasteiger partial charge in [0.25, 0.3) is 0 Å². The van der Waals surface area contributed by atoms with Crippen molar-refractivity contribution in [2.45, 2.75) is 44.0 Å². The summed E-state index contributed by atoms with van der Waals surface area (Å²) < 4.78 is 31.4. The van der Waals surface area contributed by atoms with E-state index in [4.69, 9.17) is 9.84 Å². The molecule has 0 aromatic heterocycles. The zero-order valence-electron chi connectivity index (χ0n) is 12.9. The fourth-order valence-electron chi connectivity index (χ4n) is 1.77. The summed E-state index contributed by atoms with van der Waals surface area (Å²) in [6.07, 6.45) is 3.25. The maximum Gasteiger partial charge on any atom is 0.243 e. The fourth-order valence-corrected chi connectivity index (χ4v) is 3.12. The van der Waals surface area contributed by atoms with E-state index in [-0.39, 0.29) is 11.5 Å². The smallest absolute Gasteiger partial charge is 0.243 e. The number of aliphatic hydroxyl groups is 1. The minimum Gasteiger partial charge on any atom is -0.494 e. The summed E-state index contributed by atoms with van der Waals surface area (Å²) in [4.78, 5) is 0.200. The highest BCUT2D eigenvalue weighted by atomic mass is 32.2. The average Bonchev–Trinajstić information content (AvgIpc) is 2.50. The van der Waals surface area contributed by atoms with Gasteiger partial charge in [-0.2, -0.15) is 4.31 Å². The Hall–Kier alpha value is -1.11. The van der Waals surface area contributed by atoms with Gasteiger partial charge in [-0.05, 0) is 37.6 Å². The summed E-state index contributed by atoms with van der Waals surface area (Å²) in [7, 11) is -2.11. The predicted octanol–water partition coefficient (Wildman–Crippen LogP) is 2.26. The lowest BCUT2D eigenvalue weighted by Gasteiger charge is -2.22. The molecule has 0 fully saturated rings. The number of ether oxygens (including phenoxy) is 1. The van der Waals surface area contributed by atoms with Gasteiger partial charge in [-0.3, -0.25) is 0 Å². The Balaban J connectivity index is 2.73. The minimum atomic E-state index is -3.58. The third kappa shape index (κ3) is 4.98. The van der Waals surface area contributed by atoms with Gasteiger partial charge in [-0.25, -0.2) is 8.42 Å². The molecule has 0 saturated heterocycles. The molecule has 1 rings (SSSR count). The molecule has 120 valence electrons. The van der Waals surface area contributed by atoms with Gasteiger partial charge >= 0.3 is 0 Å². The number of hydrogen-bond acceptors (Lipinski definition) is 4. The summed E-state index contributed by atoms with van der Waals surface area (Å²) in [5.41, 5.74) is 0. The Morgan fingerprint density at radius 1 is 1.24 bits per heavy atom. The molecule has 0 aliphatic carbocycles. The maximum absolute atomic E-state index is 12.3. The second-order valence-corrected chi connectivity index (χ2v) is 7.08. The number of unbranched alkanes of at least 4 members (excludes halogenated alkanes) is 2. The van der Waals surface area contributed by atoms with Crippen LogP contribution in [0.1, 0.15) is 33.1 Å². The monoisotopic (exact) mass is 315 g/mol. The topological polar surface area (TPSA) is 66.8 Å². The van der Waals surface area contributed by atoms with E-state index in [1.165, 1.54) is 23.5 Å². The predicted molar refractivity (Wildman–Crippen MR) is 83.0 cm³/mol. The highest BCUT2D eigenvalue weighted by Gasteiger charge is 2.24. The largest absolute Gasteiger partial charge is 0.494 e. The van der Waals surface area contributed by atoms with E-state index in [9.17, 15) is 8.42 Å². The van der Waals surface area contributed by atoms with Gasteiger partial charge in [0.2, 0.25) is 10.0 Å². The molecule has 5 nitrogen and oxygen atoms in total. The lowest BCUT2D eigenvalue weighted by atomic mass is 10.3. The Morgan fingerprint density at radius 3 is 2.38 bits per heavy atom. The molecule has 6 heteroatoms. The zero-order chi connectivity index (χ0) is 15.9. The van der Waals surface area contributed by atoms with E-state index < -0.39 is 16.1 Å². The minimum absolute atomic E-state index is 0.200. The van der Waals surface area contributed by atoms with Gasteiger partial charge < -0.3 is 9.84 Å². The molecule has 21 heavy (non-hydrogen) atoms. The molecule has 0 aliphatic rings. The summed E-state index contributed by atoms with van der Waals surface area (Å²) >= 11 is 0. The second kappa shape index (κ2) is 8.36. The second-order valence-electron chi connectivity index (χ2n) is 5.08. The van der Waals surface area contributed by atoms with Crippen molar-refractivity contribution in [2.24, 2.45) is 0 Å². The quantitative estimate of drug-likeness (QED) is 0.710. The molecule has 0 bridgehead atoms. The first-order valence-corrected chi connectivity index (χ1v) is 8.69. The van der Waals surface area contributed by atoms with E-state index in [1.807, 2.05) is 0 Å². The Kier molecular flexibility index (Phi) is 7.14. The molecule has 1 aromatic rings. The summed E-state index contributed by atoms with van der Waals surface area (Å²) in [5.74, 6) is 0.669. The molecule has 0 spiro atoms. The molecule has 0 saturated carbocycles. The molecule has 0 radical (unpaired) electrons.